The third-order valence-corrected chi connectivity index (χ3v) is 3.28. The van der Waals surface area contributed by atoms with Gasteiger partial charge in [-0.05, 0) is 18.3 Å². The molecule has 5 nitrogen and oxygen atoms in total. The van der Waals surface area contributed by atoms with E-state index in [2.05, 4.69) is 5.32 Å². The van der Waals surface area contributed by atoms with Gasteiger partial charge in [0.05, 0.1) is 0 Å². The van der Waals surface area contributed by atoms with Gasteiger partial charge in [-0.2, -0.15) is 0 Å². The first-order valence-electron chi connectivity index (χ1n) is 6.24. The number of carboxylic acid groups (broad SMARTS) is 1. The van der Waals surface area contributed by atoms with Crippen molar-refractivity contribution in [3.8, 4) is 0 Å². The molecule has 0 aromatic carbocycles. The van der Waals surface area contributed by atoms with Crippen LogP contribution in [0.25, 0.3) is 0 Å². The zero-order valence-corrected chi connectivity index (χ0v) is 12.4. The van der Waals surface area contributed by atoms with Crippen LogP contribution in [0.2, 0.25) is 0 Å². The van der Waals surface area contributed by atoms with Crippen LogP contribution in [0.5, 0.6) is 0 Å². The highest BCUT2D eigenvalue weighted by atomic mass is 16.4. The van der Waals surface area contributed by atoms with E-state index in [1.807, 2.05) is 20.8 Å². The first-order valence-corrected chi connectivity index (χ1v) is 6.24. The Bertz CT molecular complexity index is 308. The Kier molecular flexibility index (Phi) is 5.64. The molecule has 2 atom stereocenters. The minimum atomic E-state index is -1.01. The zero-order valence-electron chi connectivity index (χ0n) is 12.4. The molecule has 0 rings (SSSR count). The lowest BCUT2D eigenvalue weighted by atomic mass is 9.87. The molecule has 0 bridgehead atoms. The molecule has 0 fully saturated rings. The predicted octanol–water partition coefficient (Wildman–Crippen LogP) is 2.17. The van der Waals surface area contributed by atoms with Crippen LogP contribution in [0.4, 0.5) is 4.79 Å². The summed E-state index contributed by atoms with van der Waals surface area (Å²) in [5.41, 5.74) is -0.524. The number of nitrogens with one attached hydrogen (secondary N) is 1. The number of hydrogen-bond donors (Lipinski definition) is 2. The summed E-state index contributed by atoms with van der Waals surface area (Å²) in [5, 5.41) is 11.7. The standard InChI is InChI=1S/C13H26N2O3/c1-8(2)9(3)15(7)12(18)14-10(11(16)17)13(4,5)6/h8-10H,1-7H3,(H,14,18)(H,16,17)/t9?,10-/m1/s1. The lowest BCUT2D eigenvalue weighted by Crippen LogP contribution is -2.54. The van der Waals surface area contributed by atoms with Gasteiger partial charge in [0.25, 0.3) is 0 Å². The third kappa shape index (κ3) is 4.55. The molecular weight excluding hydrogens is 232 g/mol. The molecule has 18 heavy (non-hydrogen) atoms. The SMILES string of the molecule is CC(C)C(C)N(C)C(=O)N[C@H](C(=O)O)C(C)(C)C. The average Bonchev–Trinajstić information content (AvgIpc) is 2.20. The highest BCUT2D eigenvalue weighted by Gasteiger charge is 2.34. The van der Waals surface area contributed by atoms with Crippen LogP contribution in [0.15, 0.2) is 0 Å². The number of carbonyl (C=O) groups is 2. The molecule has 1 unspecified atom stereocenters. The Morgan fingerprint density at radius 3 is 1.89 bits per heavy atom. The Morgan fingerprint density at radius 1 is 1.17 bits per heavy atom. The van der Waals surface area contributed by atoms with Crippen LogP contribution in [0.1, 0.15) is 41.5 Å². The molecule has 0 aliphatic carbocycles. The second-order valence-electron chi connectivity index (χ2n) is 6.18. The topological polar surface area (TPSA) is 69.6 Å². The Hall–Kier alpha value is -1.26. The summed E-state index contributed by atoms with van der Waals surface area (Å²) < 4.78 is 0. The summed E-state index contributed by atoms with van der Waals surface area (Å²) in [6, 6.07) is -1.19. The van der Waals surface area contributed by atoms with E-state index in [0.717, 1.165) is 0 Å². The molecule has 0 aromatic heterocycles. The maximum absolute atomic E-state index is 12.0. The molecule has 106 valence electrons. The predicted molar refractivity (Wildman–Crippen MR) is 71.5 cm³/mol. The van der Waals surface area contributed by atoms with Gasteiger partial charge in [0.15, 0.2) is 0 Å². The van der Waals surface area contributed by atoms with Gasteiger partial charge in [0.2, 0.25) is 0 Å². The molecule has 0 saturated carbocycles. The average molecular weight is 258 g/mol. The Morgan fingerprint density at radius 2 is 1.61 bits per heavy atom. The smallest absolute Gasteiger partial charge is 0.326 e. The highest BCUT2D eigenvalue weighted by molar-refractivity contribution is 5.83. The fourth-order valence-electron chi connectivity index (χ4n) is 1.51. The lowest BCUT2D eigenvalue weighted by molar-refractivity contribution is -0.142. The van der Waals surface area contributed by atoms with Crippen molar-refractivity contribution in [3.05, 3.63) is 0 Å². The van der Waals surface area contributed by atoms with Crippen LogP contribution in [-0.4, -0.2) is 41.1 Å². The van der Waals surface area contributed by atoms with Crippen molar-refractivity contribution in [2.75, 3.05) is 7.05 Å². The maximum Gasteiger partial charge on any atom is 0.326 e. The van der Waals surface area contributed by atoms with Gasteiger partial charge in [0, 0.05) is 13.1 Å². The molecule has 0 aromatic rings. The van der Waals surface area contributed by atoms with Crippen molar-refractivity contribution in [2.45, 2.75) is 53.6 Å². The number of aliphatic carboxylic acids is 1. The van der Waals surface area contributed by atoms with E-state index in [0.29, 0.717) is 5.92 Å². The second kappa shape index (κ2) is 6.07. The Balaban J connectivity index is 4.77. The minimum absolute atomic E-state index is 0.0550. The summed E-state index contributed by atoms with van der Waals surface area (Å²) in [6.07, 6.45) is 0. The van der Waals surface area contributed by atoms with E-state index in [1.165, 1.54) is 0 Å². The summed E-state index contributed by atoms with van der Waals surface area (Å²) >= 11 is 0. The third-order valence-electron chi connectivity index (χ3n) is 3.28. The number of hydrogen-bond acceptors (Lipinski definition) is 2. The van der Waals surface area contributed by atoms with Crippen LogP contribution in [-0.2, 0) is 4.79 Å². The summed E-state index contributed by atoms with van der Waals surface area (Å²) in [7, 11) is 1.68. The van der Waals surface area contributed by atoms with Gasteiger partial charge < -0.3 is 15.3 Å². The number of carboxylic acids is 1. The molecule has 0 heterocycles. The van der Waals surface area contributed by atoms with E-state index >= 15 is 0 Å². The van der Waals surface area contributed by atoms with E-state index in [-0.39, 0.29) is 12.1 Å². The molecular formula is C13H26N2O3. The Labute approximate surface area is 110 Å². The number of carbonyl (C=O) groups excluding carboxylic acids is 1. The van der Waals surface area contributed by atoms with E-state index < -0.39 is 17.4 Å². The van der Waals surface area contributed by atoms with Gasteiger partial charge >= 0.3 is 12.0 Å². The second-order valence-corrected chi connectivity index (χ2v) is 6.18. The molecule has 5 heteroatoms. The largest absolute Gasteiger partial charge is 0.480 e. The van der Waals surface area contributed by atoms with E-state index in [9.17, 15) is 9.59 Å². The normalized spacial score (nSPS) is 15.1. The van der Waals surface area contributed by atoms with Crippen molar-refractivity contribution < 1.29 is 14.7 Å². The number of rotatable bonds is 4. The van der Waals surface area contributed by atoms with E-state index in [4.69, 9.17) is 5.11 Å². The van der Waals surface area contributed by atoms with Gasteiger partial charge in [0.1, 0.15) is 6.04 Å². The fraction of sp³-hybridized carbons (Fsp3) is 0.846. The lowest BCUT2D eigenvalue weighted by Gasteiger charge is -2.33. The fourth-order valence-corrected chi connectivity index (χ4v) is 1.51. The maximum atomic E-state index is 12.0. The molecule has 0 radical (unpaired) electrons. The number of amides is 2. The van der Waals surface area contributed by atoms with Crippen LogP contribution >= 0.6 is 0 Å². The van der Waals surface area contributed by atoms with Crippen molar-refractivity contribution >= 4 is 12.0 Å². The first-order chi connectivity index (χ1) is 7.98. The van der Waals surface area contributed by atoms with Gasteiger partial charge in [-0.3, -0.25) is 0 Å². The number of urea groups is 1. The monoisotopic (exact) mass is 258 g/mol. The molecule has 2 N–H and O–H groups in total. The quantitative estimate of drug-likeness (QED) is 0.812. The summed E-state index contributed by atoms with van der Waals surface area (Å²) in [6.45, 7) is 11.4. The highest BCUT2D eigenvalue weighted by Crippen LogP contribution is 2.20. The van der Waals surface area contributed by atoms with Crippen molar-refractivity contribution in [1.82, 2.24) is 10.2 Å². The van der Waals surface area contributed by atoms with Crippen LogP contribution in [0.3, 0.4) is 0 Å². The summed E-state index contributed by atoms with van der Waals surface area (Å²) in [4.78, 5) is 24.7. The van der Waals surface area contributed by atoms with Gasteiger partial charge in [-0.1, -0.05) is 34.6 Å². The zero-order chi connectivity index (χ0) is 14.7. The van der Waals surface area contributed by atoms with Crippen LogP contribution in [0, 0.1) is 11.3 Å². The molecule has 2 amide bonds. The van der Waals surface area contributed by atoms with E-state index in [1.54, 1.807) is 32.7 Å². The summed E-state index contributed by atoms with van der Waals surface area (Å²) in [5.74, 6) is -0.694. The molecule has 0 aliphatic heterocycles. The van der Waals surface area contributed by atoms with Crippen molar-refractivity contribution in [1.29, 1.82) is 0 Å². The van der Waals surface area contributed by atoms with Gasteiger partial charge in [-0.15, -0.1) is 0 Å². The van der Waals surface area contributed by atoms with Crippen LogP contribution < -0.4 is 5.32 Å². The minimum Gasteiger partial charge on any atom is -0.480 e. The molecule has 0 saturated heterocycles. The van der Waals surface area contributed by atoms with Crippen molar-refractivity contribution in [2.24, 2.45) is 11.3 Å². The van der Waals surface area contributed by atoms with Gasteiger partial charge in [-0.25, -0.2) is 9.59 Å². The first kappa shape index (κ1) is 16.7. The molecule has 0 spiro atoms. The number of nitrogens with zero attached hydrogens (tertiary/aromatic N) is 1. The molecule has 0 aliphatic rings. The van der Waals surface area contributed by atoms with Crippen molar-refractivity contribution in [3.63, 3.8) is 0 Å².